The maximum atomic E-state index is 12.8. The maximum absolute atomic E-state index is 12.8. The highest BCUT2D eigenvalue weighted by Crippen LogP contribution is 2.25. The van der Waals surface area contributed by atoms with E-state index in [2.05, 4.69) is 36.6 Å². The van der Waals surface area contributed by atoms with Crippen molar-refractivity contribution in [3.8, 4) is 0 Å². The zero-order chi connectivity index (χ0) is 22.4. The molecule has 0 spiro atoms. The van der Waals surface area contributed by atoms with E-state index in [4.69, 9.17) is 11.6 Å². The molecule has 0 radical (unpaired) electrons. The van der Waals surface area contributed by atoms with Crippen LogP contribution in [0.2, 0.25) is 5.02 Å². The molecule has 1 unspecified atom stereocenters. The van der Waals surface area contributed by atoms with Crippen molar-refractivity contribution in [2.45, 2.75) is 71.3 Å². The van der Waals surface area contributed by atoms with Crippen LogP contribution in [-0.2, 0) is 11.2 Å². The van der Waals surface area contributed by atoms with E-state index in [-0.39, 0.29) is 23.8 Å². The van der Waals surface area contributed by atoms with Crippen molar-refractivity contribution >= 4 is 29.1 Å². The predicted molar refractivity (Wildman–Crippen MR) is 128 cm³/mol. The molecule has 3 rings (SSSR count). The highest BCUT2D eigenvalue weighted by Gasteiger charge is 2.20. The van der Waals surface area contributed by atoms with Crippen molar-refractivity contribution < 1.29 is 9.59 Å². The molecule has 0 heterocycles. The Kier molecular flexibility index (Phi) is 8.14. The number of carbonyl (C=O) groups excluding carboxylic acids is 2. The Morgan fingerprint density at radius 3 is 2.32 bits per heavy atom. The van der Waals surface area contributed by atoms with Crippen molar-refractivity contribution in [2.24, 2.45) is 5.92 Å². The molecule has 0 aromatic heterocycles. The fraction of sp³-hybridized carbons (Fsp3) is 0.462. The highest BCUT2D eigenvalue weighted by molar-refractivity contribution is 6.34. The summed E-state index contributed by atoms with van der Waals surface area (Å²) in [7, 11) is 0. The molecule has 4 nitrogen and oxygen atoms in total. The van der Waals surface area contributed by atoms with E-state index in [1.807, 2.05) is 19.1 Å². The van der Waals surface area contributed by atoms with Gasteiger partial charge in [-0.3, -0.25) is 9.59 Å². The Morgan fingerprint density at radius 2 is 1.68 bits per heavy atom. The molecule has 1 saturated carbocycles. The van der Waals surface area contributed by atoms with Crippen molar-refractivity contribution in [3.05, 3.63) is 64.2 Å². The van der Waals surface area contributed by atoms with Crippen molar-refractivity contribution in [2.75, 3.05) is 5.32 Å². The molecule has 1 fully saturated rings. The van der Waals surface area contributed by atoms with Gasteiger partial charge in [0.15, 0.2) is 0 Å². The number of benzene rings is 2. The Bertz CT molecular complexity index is 902. The lowest BCUT2D eigenvalue weighted by molar-refractivity contribution is -0.117. The summed E-state index contributed by atoms with van der Waals surface area (Å²) in [6.45, 7) is 6.28. The molecule has 2 aromatic carbocycles. The van der Waals surface area contributed by atoms with Gasteiger partial charge in [0.2, 0.25) is 5.91 Å². The van der Waals surface area contributed by atoms with Crippen LogP contribution in [0.25, 0.3) is 0 Å². The van der Waals surface area contributed by atoms with Crippen LogP contribution >= 0.6 is 11.6 Å². The number of hydrogen-bond donors (Lipinski definition) is 2. The first-order valence-corrected chi connectivity index (χ1v) is 11.7. The Balaban J connectivity index is 1.65. The molecule has 0 saturated heterocycles. The quantitative estimate of drug-likeness (QED) is 0.527. The van der Waals surface area contributed by atoms with Gasteiger partial charge in [-0.1, -0.05) is 69.0 Å². The van der Waals surface area contributed by atoms with Gasteiger partial charge in [-0.05, 0) is 61.4 Å². The summed E-state index contributed by atoms with van der Waals surface area (Å²) in [5.41, 5.74) is 3.22. The maximum Gasteiger partial charge on any atom is 0.253 e. The summed E-state index contributed by atoms with van der Waals surface area (Å²) in [6, 6.07) is 13.5. The van der Waals surface area contributed by atoms with Gasteiger partial charge in [-0.2, -0.15) is 0 Å². The number of rotatable bonds is 7. The van der Waals surface area contributed by atoms with Gasteiger partial charge >= 0.3 is 0 Å². The zero-order valence-electron chi connectivity index (χ0n) is 18.7. The lowest BCUT2D eigenvalue weighted by atomic mass is 9.95. The molecule has 1 aliphatic rings. The third-order valence-electron chi connectivity index (χ3n) is 5.94. The number of nitrogens with one attached hydrogen (secondary N) is 2. The monoisotopic (exact) mass is 440 g/mol. The summed E-state index contributed by atoms with van der Waals surface area (Å²) in [5.74, 6) is 0.00337. The third-order valence-corrected chi connectivity index (χ3v) is 6.27. The van der Waals surface area contributed by atoms with Crippen LogP contribution in [0.3, 0.4) is 0 Å². The number of carbonyl (C=O) groups is 2. The van der Waals surface area contributed by atoms with E-state index in [0.29, 0.717) is 22.2 Å². The van der Waals surface area contributed by atoms with Gasteiger partial charge in [0.05, 0.1) is 16.5 Å². The van der Waals surface area contributed by atoms with Crippen LogP contribution in [0, 0.1) is 5.92 Å². The van der Waals surface area contributed by atoms with Crippen LogP contribution in [0.5, 0.6) is 0 Å². The van der Waals surface area contributed by atoms with Crippen LogP contribution in [0.4, 0.5) is 5.69 Å². The Morgan fingerprint density at radius 1 is 1.00 bits per heavy atom. The predicted octanol–water partition coefficient (Wildman–Crippen LogP) is 6.34. The van der Waals surface area contributed by atoms with Crippen molar-refractivity contribution in [1.29, 1.82) is 0 Å². The lowest BCUT2D eigenvalue weighted by Crippen LogP contribution is -2.36. The first-order valence-electron chi connectivity index (χ1n) is 11.3. The van der Waals surface area contributed by atoms with E-state index in [1.165, 1.54) is 12.0 Å². The van der Waals surface area contributed by atoms with Gasteiger partial charge in [0.25, 0.3) is 5.91 Å². The standard InChI is InChI=1S/C26H33ClN2O2/c1-17(2)15-19-9-11-20(12-10-19)18(3)25(30)29-22-13-14-24(27)23(16-22)26(31)28-21-7-5-4-6-8-21/h9-14,16-18,21H,4-8,15H2,1-3H3,(H,28,31)(H,29,30). The van der Waals surface area contributed by atoms with E-state index in [0.717, 1.165) is 37.7 Å². The second-order valence-electron chi connectivity index (χ2n) is 9.05. The summed E-state index contributed by atoms with van der Waals surface area (Å²) in [6.07, 6.45) is 6.56. The molecule has 5 heteroatoms. The molecular formula is C26H33ClN2O2. The molecule has 0 bridgehead atoms. The lowest BCUT2D eigenvalue weighted by Gasteiger charge is -2.23. The summed E-state index contributed by atoms with van der Waals surface area (Å²) in [4.78, 5) is 25.5. The molecule has 31 heavy (non-hydrogen) atoms. The summed E-state index contributed by atoms with van der Waals surface area (Å²) in [5, 5.41) is 6.41. The normalized spacial score (nSPS) is 15.5. The van der Waals surface area contributed by atoms with Crippen LogP contribution in [0.15, 0.2) is 42.5 Å². The summed E-state index contributed by atoms with van der Waals surface area (Å²) < 4.78 is 0. The molecule has 0 aliphatic heterocycles. The fourth-order valence-corrected chi connectivity index (χ4v) is 4.31. The molecule has 1 atom stereocenters. The number of amides is 2. The minimum absolute atomic E-state index is 0.113. The van der Waals surface area contributed by atoms with Crippen molar-refractivity contribution in [3.63, 3.8) is 0 Å². The average molecular weight is 441 g/mol. The fourth-order valence-electron chi connectivity index (χ4n) is 4.10. The van der Waals surface area contributed by atoms with Crippen LogP contribution < -0.4 is 10.6 Å². The minimum atomic E-state index is -0.303. The Hall–Kier alpha value is -2.33. The molecule has 2 aromatic rings. The Labute approximate surface area is 190 Å². The highest BCUT2D eigenvalue weighted by atomic mass is 35.5. The number of anilines is 1. The van der Waals surface area contributed by atoms with Gasteiger partial charge in [-0.15, -0.1) is 0 Å². The zero-order valence-corrected chi connectivity index (χ0v) is 19.5. The first-order chi connectivity index (χ1) is 14.8. The van der Waals surface area contributed by atoms with E-state index >= 15 is 0 Å². The largest absolute Gasteiger partial charge is 0.349 e. The topological polar surface area (TPSA) is 58.2 Å². The van der Waals surface area contributed by atoms with E-state index in [1.54, 1.807) is 18.2 Å². The van der Waals surface area contributed by atoms with E-state index in [9.17, 15) is 9.59 Å². The van der Waals surface area contributed by atoms with Crippen molar-refractivity contribution in [1.82, 2.24) is 5.32 Å². The third kappa shape index (κ3) is 6.57. The SMILES string of the molecule is CC(C)Cc1ccc(C(C)C(=O)Nc2ccc(Cl)c(C(=O)NC3CCCCC3)c2)cc1. The van der Waals surface area contributed by atoms with Crippen LogP contribution in [0.1, 0.15) is 80.3 Å². The summed E-state index contributed by atoms with van der Waals surface area (Å²) >= 11 is 6.28. The van der Waals surface area contributed by atoms with Gasteiger partial charge in [0, 0.05) is 11.7 Å². The molecule has 2 N–H and O–H groups in total. The molecule has 1 aliphatic carbocycles. The van der Waals surface area contributed by atoms with Crippen LogP contribution in [-0.4, -0.2) is 17.9 Å². The van der Waals surface area contributed by atoms with Gasteiger partial charge in [-0.25, -0.2) is 0 Å². The second-order valence-corrected chi connectivity index (χ2v) is 9.46. The molecule has 166 valence electrons. The number of hydrogen-bond acceptors (Lipinski definition) is 2. The van der Waals surface area contributed by atoms with Gasteiger partial charge < -0.3 is 10.6 Å². The first kappa shape index (κ1) is 23.3. The average Bonchev–Trinajstić information content (AvgIpc) is 2.75. The van der Waals surface area contributed by atoms with E-state index < -0.39 is 0 Å². The molecule has 2 amide bonds. The second kappa shape index (κ2) is 10.8. The smallest absolute Gasteiger partial charge is 0.253 e. The van der Waals surface area contributed by atoms with Gasteiger partial charge in [0.1, 0.15) is 0 Å². The molecular weight excluding hydrogens is 408 g/mol. The number of halogens is 1. The minimum Gasteiger partial charge on any atom is -0.349 e.